The highest BCUT2D eigenvalue weighted by Crippen LogP contribution is 2.35. The van der Waals surface area contributed by atoms with Crippen LogP contribution in [0.1, 0.15) is 16.7 Å². The minimum Gasteiger partial charge on any atom is -0.497 e. The number of halogens is 1. The summed E-state index contributed by atoms with van der Waals surface area (Å²) >= 11 is 3.57. The van der Waals surface area contributed by atoms with Crippen LogP contribution in [0.2, 0.25) is 0 Å². The number of benzene rings is 4. The molecule has 1 aliphatic rings. The van der Waals surface area contributed by atoms with Gasteiger partial charge in [-0.3, -0.25) is 0 Å². The van der Waals surface area contributed by atoms with Gasteiger partial charge in [0.05, 0.1) is 38.0 Å². The Morgan fingerprint density at radius 1 is 0.667 bits per heavy atom. The lowest BCUT2D eigenvalue weighted by Crippen LogP contribution is -2.62. The molecule has 0 spiro atoms. The monoisotopic (exact) mass is 634 g/mol. The molecule has 0 saturated carbocycles. The minimum absolute atomic E-state index is 0.292. The highest BCUT2D eigenvalue weighted by Gasteiger charge is 2.49. The van der Waals surface area contributed by atoms with Gasteiger partial charge in [-0.1, -0.05) is 91.0 Å². The van der Waals surface area contributed by atoms with E-state index in [2.05, 4.69) is 15.9 Å². The van der Waals surface area contributed by atoms with Crippen molar-refractivity contribution in [3.63, 3.8) is 0 Å². The number of rotatable bonds is 13. The van der Waals surface area contributed by atoms with E-state index < -0.39 is 30.7 Å². The summed E-state index contributed by atoms with van der Waals surface area (Å²) in [6.45, 7) is 0.648. The number of aliphatic hydroxyl groups excluding tert-OH is 1. The van der Waals surface area contributed by atoms with Crippen LogP contribution in [0.5, 0.6) is 11.5 Å². The fourth-order valence-electron chi connectivity index (χ4n) is 4.82. The molecule has 1 saturated heterocycles. The summed E-state index contributed by atoms with van der Waals surface area (Å²) in [5.41, 5.74) is 3.00. The zero-order chi connectivity index (χ0) is 29.1. The molecule has 0 bridgehead atoms. The van der Waals surface area contributed by atoms with Crippen molar-refractivity contribution in [3.05, 3.63) is 130 Å². The van der Waals surface area contributed by atoms with Crippen LogP contribution in [0.3, 0.4) is 0 Å². The lowest BCUT2D eigenvalue weighted by Gasteiger charge is -2.45. The Balaban J connectivity index is 1.46. The Bertz CT molecular complexity index is 1360. The van der Waals surface area contributed by atoms with Gasteiger partial charge in [0.15, 0.2) is 0 Å². The van der Waals surface area contributed by atoms with Crippen molar-refractivity contribution in [2.45, 2.75) is 50.5 Å². The first-order valence-electron chi connectivity index (χ1n) is 13.9. The molecule has 42 heavy (non-hydrogen) atoms. The summed E-state index contributed by atoms with van der Waals surface area (Å²) in [6.07, 6.45) is -3.61. The summed E-state index contributed by atoms with van der Waals surface area (Å²) in [6, 6.07) is 35.1. The van der Waals surface area contributed by atoms with Gasteiger partial charge in [0.2, 0.25) is 6.29 Å². The molecule has 7 nitrogen and oxygen atoms in total. The molecule has 0 aromatic heterocycles. The van der Waals surface area contributed by atoms with E-state index in [1.54, 1.807) is 19.2 Å². The van der Waals surface area contributed by atoms with E-state index in [1.165, 1.54) is 0 Å². The van der Waals surface area contributed by atoms with Gasteiger partial charge in [0, 0.05) is 0 Å². The van der Waals surface area contributed by atoms with Gasteiger partial charge in [-0.15, -0.1) is 0 Å². The van der Waals surface area contributed by atoms with Crippen LogP contribution in [0.15, 0.2) is 114 Å². The van der Waals surface area contributed by atoms with Crippen LogP contribution in [0.4, 0.5) is 0 Å². The molecule has 4 aromatic carbocycles. The van der Waals surface area contributed by atoms with Gasteiger partial charge in [0.25, 0.3) is 0 Å². The van der Waals surface area contributed by atoms with Crippen LogP contribution < -0.4 is 9.47 Å². The molecule has 5 rings (SSSR count). The second kappa shape index (κ2) is 15.3. The second-order valence-corrected chi connectivity index (χ2v) is 10.8. The van der Waals surface area contributed by atoms with E-state index in [1.807, 2.05) is 97.1 Å². The van der Waals surface area contributed by atoms with Crippen LogP contribution in [0, 0.1) is 0 Å². The molecule has 0 aliphatic carbocycles. The largest absolute Gasteiger partial charge is 0.497 e. The molecule has 0 unspecified atom stereocenters. The maximum Gasteiger partial charge on any atom is 0.229 e. The van der Waals surface area contributed by atoms with E-state index in [-0.39, 0.29) is 6.61 Å². The van der Waals surface area contributed by atoms with E-state index in [9.17, 15) is 5.11 Å². The summed E-state index contributed by atoms with van der Waals surface area (Å²) in [5.74, 6) is 1.22. The Labute approximate surface area is 255 Å². The fraction of sp³-hybridized carbons (Fsp3) is 0.294. The molecule has 1 heterocycles. The summed E-state index contributed by atoms with van der Waals surface area (Å²) in [7, 11) is 1.61. The molecular weight excluding hydrogens is 600 g/mol. The molecule has 0 radical (unpaired) electrons. The molecule has 4 aromatic rings. The topological polar surface area (TPSA) is 75.6 Å². The van der Waals surface area contributed by atoms with Crippen LogP contribution in [-0.4, -0.2) is 49.5 Å². The van der Waals surface area contributed by atoms with Crippen molar-refractivity contribution < 1.29 is 33.5 Å². The average molecular weight is 636 g/mol. The number of hydrogen-bond acceptors (Lipinski definition) is 7. The quantitative estimate of drug-likeness (QED) is 0.185. The zero-order valence-corrected chi connectivity index (χ0v) is 25.0. The van der Waals surface area contributed by atoms with Crippen LogP contribution >= 0.6 is 15.9 Å². The molecule has 220 valence electrons. The molecule has 8 heteroatoms. The normalized spacial score (nSPS) is 22.0. The first-order valence-corrected chi connectivity index (χ1v) is 14.7. The van der Waals surface area contributed by atoms with E-state index in [0.29, 0.717) is 35.8 Å². The van der Waals surface area contributed by atoms with Crippen molar-refractivity contribution in [2.24, 2.45) is 0 Å². The van der Waals surface area contributed by atoms with Crippen LogP contribution in [-0.2, 0) is 38.8 Å². The van der Waals surface area contributed by atoms with Crippen molar-refractivity contribution in [3.8, 4) is 11.5 Å². The molecule has 5 atom stereocenters. The van der Waals surface area contributed by atoms with Crippen molar-refractivity contribution >= 4 is 15.9 Å². The van der Waals surface area contributed by atoms with Gasteiger partial charge < -0.3 is 33.5 Å². The lowest BCUT2D eigenvalue weighted by molar-refractivity contribution is -0.308. The molecule has 1 fully saturated rings. The predicted molar refractivity (Wildman–Crippen MR) is 162 cm³/mol. The van der Waals surface area contributed by atoms with Crippen molar-refractivity contribution in [1.29, 1.82) is 0 Å². The van der Waals surface area contributed by atoms with Gasteiger partial charge in [0.1, 0.15) is 35.9 Å². The molecule has 1 aliphatic heterocycles. The van der Waals surface area contributed by atoms with Crippen LogP contribution in [0.25, 0.3) is 0 Å². The Morgan fingerprint density at radius 3 is 1.64 bits per heavy atom. The molecule has 0 amide bonds. The van der Waals surface area contributed by atoms with Crippen molar-refractivity contribution in [2.75, 3.05) is 13.7 Å². The summed E-state index contributed by atoms with van der Waals surface area (Å²) < 4.78 is 38.4. The van der Waals surface area contributed by atoms with Crippen molar-refractivity contribution in [1.82, 2.24) is 0 Å². The standard InChI is InChI=1S/C34H35BrO7/c1-37-27-17-18-29(28(35)19-27)41-34-33(40-23-26-15-9-4-10-16-26)32(39-22-25-13-7-3-8-14-25)31(30(20-36)42-34)38-21-24-11-5-2-6-12-24/h2-19,30-34,36H,20-23H2,1H3/t30-,31-,32+,33-,34+/m1/s1. The number of methoxy groups -OCH3 is 1. The Morgan fingerprint density at radius 2 is 1.17 bits per heavy atom. The third kappa shape index (κ3) is 7.98. The van der Waals surface area contributed by atoms with Gasteiger partial charge in [-0.25, -0.2) is 0 Å². The highest BCUT2D eigenvalue weighted by atomic mass is 79.9. The molecular formula is C34H35BrO7. The Hall–Kier alpha value is -3.24. The summed E-state index contributed by atoms with van der Waals surface area (Å²) in [4.78, 5) is 0. The second-order valence-electron chi connectivity index (χ2n) is 9.92. The fourth-order valence-corrected chi connectivity index (χ4v) is 5.27. The first kappa shape index (κ1) is 30.2. The van der Waals surface area contributed by atoms with E-state index in [4.69, 9.17) is 28.4 Å². The predicted octanol–water partition coefficient (Wildman–Crippen LogP) is 6.31. The maximum absolute atomic E-state index is 10.5. The highest BCUT2D eigenvalue weighted by molar-refractivity contribution is 9.10. The average Bonchev–Trinajstić information content (AvgIpc) is 3.04. The number of hydrogen-bond donors (Lipinski definition) is 1. The van der Waals surface area contributed by atoms with Gasteiger partial charge in [-0.2, -0.15) is 0 Å². The lowest BCUT2D eigenvalue weighted by atomic mass is 9.97. The first-order chi connectivity index (χ1) is 20.6. The molecule has 1 N–H and O–H groups in total. The minimum atomic E-state index is -0.909. The Kier molecular flexibility index (Phi) is 11.0. The zero-order valence-electron chi connectivity index (χ0n) is 23.4. The third-order valence-electron chi connectivity index (χ3n) is 7.01. The van der Waals surface area contributed by atoms with E-state index >= 15 is 0 Å². The number of ether oxygens (including phenoxy) is 6. The van der Waals surface area contributed by atoms with E-state index in [0.717, 1.165) is 16.7 Å². The third-order valence-corrected chi connectivity index (χ3v) is 7.63. The summed E-state index contributed by atoms with van der Waals surface area (Å²) in [5, 5.41) is 10.5. The SMILES string of the molecule is COc1ccc(O[C@H]2O[C@H](CO)[C@@H](OCc3ccccc3)[C@H](OCc3ccccc3)[C@H]2OCc2ccccc2)c(Br)c1. The van der Waals surface area contributed by atoms with Gasteiger partial charge >= 0.3 is 0 Å². The number of aliphatic hydroxyl groups is 1. The smallest absolute Gasteiger partial charge is 0.229 e. The van der Waals surface area contributed by atoms with Gasteiger partial charge in [-0.05, 0) is 50.8 Å². The maximum atomic E-state index is 10.5.